The molecule has 0 aliphatic heterocycles. The van der Waals surface area contributed by atoms with E-state index in [0.29, 0.717) is 0 Å². The SMILES string of the molecule is Cc1cccc(NCc2c(C)cccc2C)c1C#N. The van der Waals surface area contributed by atoms with Crippen molar-refractivity contribution in [1.82, 2.24) is 0 Å². The van der Waals surface area contributed by atoms with Crippen LogP contribution in [0.15, 0.2) is 36.4 Å². The van der Waals surface area contributed by atoms with E-state index in [1.807, 2.05) is 25.1 Å². The third kappa shape index (κ3) is 2.77. The minimum Gasteiger partial charge on any atom is -0.380 e. The minimum atomic E-state index is 0.730. The standard InChI is InChI=1S/C17H18N2/c1-12-8-5-9-17(15(12)10-18)19-11-16-13(2)6-4-7-14(16)3/h4-9,19H,11H2,1-3H3. The van der Waals surface area contributed by atoms with Crippen LogP contribution in [0.1, 0.15) is 27.8 Å². The average molecular weight is 250 g/mol. The van der Waals surface area contributed by atoms with Gasteiger partial charge in [-0.3, -0.25) is 0 Å². The van der Waals surface area contributed by atoms with Gasteiger partial charge in [-0.1, -0.05) is 30.3 Å². The maximum absolute atomic E-state index is 9.22. The molecule has 0 aliphatic rings. The molecule has 2 rings (SSSR count). The van der Waals surface area contributed by atoms with E-state index in [9.17, 15) is 5.26 Å². The number of rotatable bonds is 3. The number of anilines is 1. The highest BCUT2D eigenvalue weighted by molar-refractivity contribution is 5.61. The van der Waals surface area contributed by atoms with E-state index in [1.54, 1.807) is 0 Å². The first-order chi connectivity index (χ1) is 9.13. The fourth-order valence-electron chi connectivity index (χ4n) is 2.27. The quantitative estimate of drug-likeness (QED) is 0.890. The molecule has 1 N–H and O–H groups in total. The Hall–Kier alpha value is -2.27. The monoisotopic (exact) mass is 250 g/mol. The predicted octanol–water partition coefficient (Wildman–Crippen LogP) is 4.10. The molecule has 2 aromatic carbocycles. The van der Waals surface area contributed by atoms with Gasteiger partial charge < -0.3 is 5.32 Å². The first-order valence-corrected chi connectivity index (χ1v) is 6.42. The predicted molar refractivity (Wildman–Crippen MR) is 79.1 cm³/mol. The summed E-state index contributed by atoms with van der Waals surface area (Å²) in [5, 5.41) is 12.6. The van der Waals surface area contributed by atoms with Crippen LogP contribution in [0.4, 0.5) is 5.69 Å². The minimum absolute atomic E-state index is 0.730. The Balaban J connectivity index is 2.25. The zero-order valence-electron chi connectivity index (χ0n) is 11.6. The third-order valence-corrected chi connectivity index (χ3v) is 3.48. The molecule has 0 bridgehead atoms. The molecule has 0 fully saturated rings. The lowest BCUT2D eigenvalue weighted by molar-refractivity contribution is 1.09. The topological polar surface area (TPSA) is 35.8 Å². The molecule has 0 aromatic heterocycles. The van der Waals surface area contributed by atoms with Gasteiger partial charge in [0.1, 0.15) is 6.07 Å². The van der Waals surface area contributed by atoms with Crippen LogP contribution < -0.4 is 5.32 Å². The highest BCUT2D eigenvalue weighted by Crippen LogP contribution is 2.21. The fourth-order valence-corrected chi connectivity index (χ4v) is 2.27. The van der Waals surface area contributed by atoms with Gasteiger partial charge in [-0.25, -0.2) is 0 Å². The molecular weight excluding hydrogens is 232 g/mol. The molecule has 0 heterocycles. The van der Waals surface area contributed by atoms with E-state index in [0.717, 1.165) is 23.4 Å². The molecule has 96 valence electrons. The largest absolute Gasteiger partial charge is 0.380 e. The number of hydrogen-bond donors (Lipinski definition) is 1. The van der Waals surface area contributed by atoms with E-state index < -0.39 is 0 Å². The smallest absolute Gasteiger partial charge is 0.102 e. The van der Waals surface area contributed by atoms with E-state index in [4.69, 9.17) is 0 Å². The zero-order valence-corrected chi connectivity index (χ0v) is 11.6. The Morgan fingerprint density at radius 3 is 2.16 bits per heavy atom. The van der Waals surface area contributed by atoms with Crippen molar-refractivity contribution in [3.8, 4) is 6.07 Å². The summed E-state index contributed by atoms with van der Waals surface area (Å²) in [6.07, 6.45) is 0. The summed E-state index contributed by atoms with van der Waals surface area (Å²) in [5.41, 5.74) is 6.50. The van der Waals surface area contributed by atoms with Crippen LogP contribution in [-0.2, 0) is 6.54 Å². The van der Waals surface area contributed by atoms with Gasteiger partial charge in [0.05, 0.1) is 11.3 Å². The summed E-state index contributed by atoms with van der Waals surface area (Å²) in [6, 6.07) is 14.5. The van der Waals surface area contributed by atoms with Crippen molar-refractivity contribution in [2.75, 3.05) is 5.32 Å². The summed E-state index contributed by atoms with van der Waals surface area (Å²) in [6.45, 7) is 6.94. The maximum atomic E-state index is 9.22. The number of aryl methyl sites for hydroxylation is 3. The molecular formula is C17H18N2. The number of nitrogens with one attached hydrogen (secondary N) is 1. The molecule has 0 radical (unpaired) electrons. The highest BCUT2D eigenvalue weighted by atomic mass is 14.9. The lowest BCUT2D eigenvalue weighted by atomic mass is 10.0. The molecule has 0 aliphatic carbocycles. The molecule has 2 nitrogen and oxygen atoms in total. The van der Waals surface area contributed by atoms with Gasteiger partial charge in [-0.05, 0) is 49.1 Å². The van der Waals surface area contributed by atoms with Crippen molar-refractivity contribution >= 4 is 5.69 Å². The molecule has 0 saturated heterocycles. The Bertz CT molecular complexity index is 616. The lowest BCUT2D eigenvalue weighted by Crippen LogP contribution is -2.05. The number of benzene rings is 2. The van der Waals surface area contributed by atoms with Crippen LogP contribution in [-0.4, -0.2) is 0 Å². The van der Waals surface area contributed by atoms with Gasteiger partial charge in [0.15, 0.2) is 0 Å². The van der Waals surface area contributed by atoms with E-state index in [2.05, 4.69) is 43.4 Å². The molecule has 0 atom stereocenters. The van der Waals surface area contributed by atoms with Crippen LogP contribution in [0.25, 0.3) is 0 Å². The Labute approximate surface area is 114 Å². The number of nitriles is 1. The second-order valence-corrected chi connectivity index (χ2v) is 4.83. The van der Waals surface area contributed by atoms with Crippen LogP contribution in [0.5, 0.6) is 0 Å². The summed E-state index contributed by atoms with van der Waals surface area (Å²) >= 11 is 0. The van der Waals surface area contributed by atoms with Gasteiger partial charge in [0.2, 0.25) is 0 Å². The van der Waals surface area contributed by atoms with Crippen molar-refractivity contribution in [2.24, 2.45) is 0 Å². The average Bonchev–Trinajstić information content (AvgIpc) is 2.38. The van der Waals surface area contributed by atoms with Crippen molar-refractivity contribution in [3.05, 3.63) is 64.2 Å². The van der Waals surface area contributed by atoms with Gasteiger partial charge in [0.25, 0.3) is 0 Å². The highest BCUT2D eigenvalue weighted by Gasteiger charge is 2.06. The molecule has 2 aromatic rings. The molecule has 2 heteroatoms. The van der Waals surface area contributed by atoms with Gasteiger partial charge >= 0.3 is 0 Å². The van der Waals surface area contributed by atoms with Crippen molar-refractivity contribution in [2.45, 2.75) is 27.3 Å². The first-order valence-electron chi connectivity index (χ1n) is 6.42. The van der Waals surface area contributed by atoms with Crippen LogP contribution in [0, 0.1) is 32.1 Å². The van der Waals surface area contributed by atoms with Crippen molar-refractivity contribution < 1.29 is 0 Å². The fraction of sp³-hybridized carbons (Fsp3) is 0.235. The van der Waals surface area contributed by atoms with Crippen LogP contribution >= 0.6 is 0 Å². The van der Waals surface area contributed by atoms with Crippen molar-refractivity contribution in [3.63, 3.8) is 0 Å². The lowest BCUT2D eigenvalue weighted by Gasteiger charge is -2.13. The summed E-state index contributed by atoms with van der Waals surface area (Å²) in [5.74, 6) is 0. The Morgan fingerprint density at radius 2 is 1.53 bits per heavy atom. The molecule has 0 spiro atoms. The molecule has 19 heavy (non-hydrogen) atoms. The maximum Gasteiger partial charge on any atom is 0.102 e. The van der Waals surface area contributed by atoms with Gasteiger partial charge in [-0.15, -0.1) is 0 Å². The van der Waals surface area contributed by atoms with Gasteiger partial charge in [0, 0.05) is 6.54 Å². The summed E-state index contributed by atoms with van der Waals surface area (Å²) < 4.78 is 0. The van der Waals surface area contributed by atoms with Crippen LogP contribution in [0.2, 0.25) is 0 Å². The number of hydrogen-bond acceptors (Lipinski definition) is 2. The van der Waals surface area contributed by atoms with E-state index in [1.165, 1.54) is 16.7 Å². The second kappa shape index (κ2) is 5.58. The van der Waals surface area contributed by atoms with Crippen LogP contribution in [0.3, 0.4) is 0 Å². The summed E-state index contributed by atoms with van der Waals surface area (Å²) in [7, 11) is 0. The van der Waals surface area contributed by atoms with Gasteiger partial charge in [-0.2, -0.15) is 5.26 Å². The molecule has 0 unspecified atom stereocenters. The second-order valence-electron chi connectivity index (χ2n) is 4.83. The van der Waals surface area contributed by atoms with E-state index in [-0.39, 0.29) is 0 Å². The third-order valence-electron chi connectivity index (χ3n) is 3.48. The summed E-state index contributed by atoms with van der Waals surface area (Å²) in [4.78, 5) is 0. The molecule has 0 amide bonds. The normalized spacial score (nSPS) is 10.0. The first kappa shape index (κ1) is 13.2. The Morgan fingerprint density at radius 1 is 0.947 bits per heavy atom. The van der Waals surface area contributed by atoms with E-state index >= 15 is 0 Å². The number of nitrogens with zero attached hydrogens (tertiary/aromatic N) is 1. The zero-order chi connectivity index (χ0) is 13.8. The van der Waals surface area contributed by atoms with Crippen molar-refractivity contribution in [1.29, 1.82) is 5.26 Å². The Kier molecular flexibility index (Phi) is 3.87. The molecule has 0 saturated carbocycles.